The molecule has 2 nitrogen and oxygen atoms in total. The Morgan fingerprint density at radius 3 is 2.55 bits per heavy atom. The molecule has 0 fully saturated rings. The van der Waals surface area contributed by atoms with Crippen LogP contribution in [0.4, 0.5) is 14.5 Å². The van der Waals surface area contributed by atoms with Crippen LogP contribution in [-0.2, 0) is 0 Å². The molecule has 0 saturated heterocycles. The Morgan fingerprint density at radius 1 is 1.10 bits per heavy atom. The first-order chi connectivity index (χ1) is 9.65. The zero-order chi connectivity index (χ0) is 14.4. The van der Waals surface area contributed by atoms with Crippen molar-refractivity contribution in [1.29, 1.82) is 0 Å². The number of halogens is 2. The summed E-state index contributed by atoms with van der Waals surface area (Å²) in [6, 6.07) is 13.1. The first kappa shape index (κ1) is 13.9. The van der Waals surface area contributed by atoms with Crippen LogP contribution in [0.25, 0.3) is 6.08 Å². The minimum absolute atomic E-state index is 0.134. The number of benzene rings is 2. The summed E-state index contributed by atoms with van der Waals surface area (Å²) in [5.41, 5.74) is 4.65. The van der Waals surface area contributed by atoms with Gasteiger partial charge in [0, 0.05) is 6.07 Å². The van der Waals surface area contributed by atoms with Gasteiger partial charge in [0.2, 0.25) is 0 Å². The summed E-state index contributed by atoms with van der Waals surface area (Å²) in [5.74, 6) is -1.29. The third-order valence-corrected chi connectivity index (χ3v) is 2.58. The van der Waals surface area contributed by atoms with Crippen LogP contribution < -0.4 is 5.43 Å². The Hall–Kier alpha value is -2.49. The van der Waals surface area contributed by atoms with Gasteiger partial charge in [0.15, 0.2) is 5.82 Å². The van der Waals surface area contributed by atoms with E-state index < -0.39 is 11.6 Å². The highest BCUT2D eigenvalue weighted by atomic mass is 19.1. The zero-order valence-corrected chi connectivity index (χ0v) is 11.0. The van der Waals surface area contributed by atoms with Crippen molar-refractivity contribution in [3.63, 3.8) is 0 Å². The molecule has 0 atom stereocenters. The minimum atomic E-state index is -0.674. The van der Waals surface area contributed by atoms with Gasteiger partial charge in [-0.3, -0.25) is 5.43 Å². The van der Waals surface area contributed by atoms with Crippen LogP contribution in [0, 0.1) is 11.6 Å². The molecule has 2 aromatic rings. The fourth-order valence-corrected chi connectivity index (χ4v) is 1.63. The number of nitrogens with zero attached hydrogens (tertiary/aromatic N) is 1. The Balaban J connectivity index is 2.01. The summed E-state index contributed by atoms with van der Waals surface area (Å²) in [7, 11) is 0. The van der Waals surface area contributed by atoms with Crippen LogP contribution in [-0.4, -0.2) is 6.21 Å². The molecule has 0 aliphatic carbocycles. The summed E-state index contributed by atoms with van der Waals surface area (Å²) in [5, 5.41) is 3.92. The number of allylic oxidation sites excluding steroid dienone is 1. The second-order valence-corrected chi connectivity index (χ2v) is 4.29. The molecule has 0 bridgehead atoms. The van der Waals surface area contributed by atoms with Crippen LogP contribution in [0.5, 0.6) is 0 Å². The molecular weight excluding hydrogens is 258 g/mol. The number of hydrogen-bond acceptors (Lipinski definition) is 2. The van der Waals surface area contributed by atoms with E-state index in [0.717, 1.165) is 17.2 Å². The largest absolute Gasteiger partial charge is 0.276 e. The maximum absolute atomic E-state index is 13.3. The minimum Gasteiger partial charge on any atom is -0.276 e. The Kier molecular flexibility index (Phi) is 4.60. The molecule has 0 radical (unpaired) electrons. The highest BCUT2D eigenvalue weighted by molar-refractivity contribution is 5.85. The molecule has 0 aromatic heterocycles. The number of rotatable bonds is 4. The van der Waals surface area contributed by atoms with E-state index in [1.54, 1.807) is 6.21 Å². The van der Waals surface area contributed by atoms with Gasteiger partial charge in [-0.15, -0.1) is 0 Å². The predicted molar refractivity (Wildman–Crippen MR) is 78.6 cm³/mol. The molecule has 2 rings (SSSR count). The molecular formula is C16H14F2N2. The van der Waals surface area contributed by atoms with E-state index in [4.69, 9.17) is 0 Å². The van der Waals surface area contributed by atoms with Crippen LogP contribution >= 0.6 is 0 Å². The molecule has 4 heteroatoms. The van der Waals surface area contributed by atoms with Gasteiger partial charge >= 0.3 is 0 Å². The lowest BCUT2D eigenvalue weighted by Gasteiger charge is -2.01. The van der Waals surface area contributed by atoms with Crippen LogP contribution in [0.15, 0.2) is 59.2 Å². The van der Waals surface area contributed by atoms with E-state index in [9.17, 15) is 8.78 Å². The first-order valence-electron chi connectivity index (χ1n) is 6.12. The van der Waals surface area contributed by atoms with E-state index in [2.05, 4.69) is 10.5 Å². The third-order valence-electron chi connectivity index (χ3n) is 2.58. The summed E-state index contributed by atoms with van der Waals surface area (Å²) < 4.78 is 26.1. The van der Waals surface area contributed by atoms with Crippen molar-refractivity contribution in [2.45, 2.75) is 6.92 Å². The lowest BCUT2D eigenvalue weighted by Crippen LogP contribution is -1.94. The van der Waals surface area contributed by atoms with Gasteiger partial charge in [-0.1, -0.05) is 36.4 Å². The second kappa shape index (κ2) is 6.61. The molecule has 20 heavy (non-hydrogen) atoms. The van der Waals surface area contributed by atoms with E-state index in [-0.39, 0.29) is 5.69 Å². The average molecular weight is 272 g/mol. The monoisotopic (exact) mass is 272 g/mol. The van der Waals surface area contributed by atoms with Gasteiger partial charge in [0.25, 0.3) is 0 Å². The average Bonchev–Trinajstić information content (AvgIpc) is 2.42. The van der Waals surface area contributed by atoms with Crippen molar-refractivity contribution in [1.82, 2.24) is 0 Å². The van der Waals surface area contributed by atoms with Gasteiger partial charge in [-0.25, -0.2) is 8.78 Å². The summed E-state index contributed by atoms with van der Waals surface area (Å²) in [4.78, 5) is 0. The predicted octanol–water partition coefficient (Wildman–Crippen LogP) is 4.47. The first-order valence-corrected chi connectivity index (χ1v) is 6.12. The van der Waals surface area contributed by atoms with E-state index in [1.807, 2.05) is 43.3 Å². The van der Waals surface area contributed by atoms with Crippen molar-refractivity contribution in [3.05, 3.63) is 71.3 Å². The lowest BCUT2D eigenvalue weighted by atomic mass is 10.1. The summed E-state index contributed by atoms with van der Waals surface area (Å²) >= 11 is 0. The molecule has 2 aromatic carbocycles. The van der Waals surface area contributed by atoms with Gasteiger partial charge < -0.3 is 0 Å². The SMILES string of the molecule is CC(C=NNc1ccc(F)cc1F)=Cc1ccccc1. The Morgan fingerprint density at radius 2 is 1.85 bits per heavy atom. The van der Waals surface area contributed by atoms with Crippen molar-refractivity contribution in [2.24, 2.45) is 5.10 Å². The molecule has 0 aliphatic heterocycles. The molecule has 0 spiro atoms. The second-order valence-electron chi connectivity index (χ2n) is 4.29. The van der Waals surface area contributed by atoms with Crippen molar-refractivity contribution in [3.8, 4) is 0 Å². The van der Waals surface area contributed by atoms with Gasteiger partial charge in [-0.05, 0) is 30.2 Å². The quantitative estimate of drug-likeness (QED) is 0.644. The fourth-order valence-electron chi connectivity index (χ4n) is 1.63. The standard InChI is InChI=1S/C16H14F2N2/c1-12(9-13-5-3-2-4-6-13)11-19-20-16-8-7-14(17)10-15(16)18/h2-11,20H,1H3. The van der Waals surface area contributed by atoms with Gasteiger partial charge in [0.05, 0.1) is 11.9 Å². The van der Waals surface area contributed by atoms with Crippen molar-refractivity contribution in [2.75, 3.05) is 5.43 Å². The van der Waals surface area contributed by atoms with Crippen LogP contribution in [0.3, 0.4) is 0 Å². The lowest BCUT2D eigenvalue weighted by molar-refractivity contribution is 0.585. The summed E-state index contributed by atoms with van der Waals surface area (Å²) in [6.07, 6.45) is 3.53. The zero-order valence-electron chi connectivity index (χ0n) is 11.0. The number of nitrogens with one attached hydrogen (secondary N) is 1. The van der Waals surface area contributed by atoms with Gasteiger partial charge in [-0.2, -0.15) is 5.10 Å². The summed E-state index contributed by atoms with van der Waals surface area (Å²) in [6.45, 7) is 1.89. The number of hydrazone groups is 1. The topological polar surface area (TPSA) is 24.4 Å². The molecule has 0 unspecified atom stereocenters. The van der Waals surface area contributed by atoms with Crippen molar-refractivity contribution < 1.29 is 8.78 Å². The molecule has 0 heterocycles. The number of hydrogen-bond donors (Lipinski definition) is 1. The van der Waals surface area contributed by atoms with E-state index >= 15 is 0 Å². The molecule has 0 amide bonds. The van der Waals surface area contributed by atoms with E-state index in [1.165, 1.54) is 12.1 Å². The van der Waals surface area contributed by atoms with Crippen molar-refractivity contribution >= 4 is 18.0 Å². The number of anilines is 1. The van der Waals surface area contributed by atoms with Gasteiger partial charge in [0.1, 0.15) is 5.82 Å². The highest BCUT2D eigenvalue weighted by Gasteiger charge is 2.01. The molecule has 0 aliphatic rings. The smallest absolute Gasteiger partial charge is 0.151 e. The fraction of sp³-hybridized carbons (Fsp3) is 0.0625. The molecule has 102 valence electrons. The molecule has 1 N–H and O–H groups in total. The third kappa shape index (κ3) is 4.02. The maximum atomic E-state index is 13.3. The maximum Gasteiger partial charge on any atom is 0.151 e. The van der Waals surface area contributed by atoms with Crippen LogP contribution in [0.1, 0.15) is 12.5 Å². The highest BCUT2D eigenvalue weighted by Crippen LogP contribution is 2.14. The van der Waals surface area contributed by atoms with E-state index in [0.29, 0.717) is 0 Å². The Labute approximate surface area is 116 Å². The Bertz CT molecular complexity index is 634. The van der Waals surface area contributed by atoms with Crippen LogP contribution in [0.2, 0.25) is 0 Å². The normalized spacial score (nSPS) is 11.8. The molecule has 0 saturated carbocycles.